The molecule has 0 aliphatic rings. The van der Waals surface area contributed by atoms with Gasteiger partial charge in [0.1, 0.15) is 18.1 Å². The quantitative estimate of drug-likeness (QED) is 0.109. The lowest BCUT2D eigenvalue weighted by Crippen LogP contribution is -2.58. The van der Waals surface area contributed by atoms with E-state index in [1.807, 2.05) is 0 Å². The van der Waals surface area contributed by atoms with Gasteiger partial charge in [-0.15, -0.1) is 0 Å². The molecule has 32 heavy (non-hydrogen) atoms. The molecule has 13 heteroatoms. The van der Waals surface area contributed by atoms with Crippen LogP contribution in [0.25, 0.3) is 0 Å². The van der Waals surface area contributed by atoms with E-state index in [1.54, 1.807) is 13.8 Å². The Bertz CT molecular complexity index is 658. The predicted octanol–water partition coefficient (Wildman–Crippen LogP) is -3.10. The van der Waals surface area contributed by atoms with Crippen LogP contribution in [0.2, 0.25) is 0 Å². The van der Waals surface area contributed by atoms with Crippen molar-refractivity contribution in [1.29, 1.82) is 0 Å². The Balaban J connectivity index is 5.18. The number of aliphatic hydroxyl groups excluding tert-OH is 1. The zero-order valence-corrected chi connectivity index (χ0v) is 18.5. The summed E-state index contributed by atoms with van der Waals surface area (Å²) < 4.78 is 0. The third kappa shape index (κ3) is 11.6. The minimum absolute atomic E-state index is 0.0391. The van der Waals surface area contributed by atoms with E-state index in [2.05, 4.69) is 16.0 Å². The molecule has 4 amide bonds. The summed E-state index contributed by atoms with van der Waals surface area (Å²) in [6, 6.07) is -5.12. The summed E-state index contributed by atoms with van der Waals surface area (Å²) in [6.07, 6.45) is 1.12. The molecule has 0 aromatic heterocycles. The number of amides is 4. The third-order valence-corrected chi connectivity index (χ3v) is 4.48. The fourth-order valence-electron chi connectivity index (χ4n) is 2.76. The maximum absolute atomic E-state index is 12.6. The van der Waals surface area contributed by atoms with Crippen LogP contribution in [-0.4, -0.2) is 77.1 Å². The van der Waals surface area contributed by atoms with Gasteiger partial charge in [0, 0.05) is 0 Å². The number of nitrogens with one attached hydrogen (secondary N) is 3. The van der Waals surface area contributed by atoms with Crippen molar-refractivity contribution >= 4 is 29.6 Å². The molecule has 0 radical (unpaired) electrons. The van der Waals surface area contributed by atoms with Gasteiger partial charge in [-0.3, -0.25) is 19.2 Å². The highest BCUT2D eigenvalue weighted by molar-refractivity contribution is 5.96. The second kappa shape index (κ2) is 15.1. The minimum atomic E-state index is -1.51. The number of primary amides is 1. The molecule has 0 heterocycles. The second-order valence-corrected chi connectivity index (χ2v) is 7.90. The molecule has 0 bridgehead atoms. The van der Waals surface area contributed by atoms with Crippen LogP contribution in [0.4, 0.5) is 0 Å². The maximum atomic E-state index is 12.6. The van der Waals surface area contributed by atoms with Crippen molar-refractivity contribution in [1.82, 2.24) is 16.0 Å². The van der Waals surface area contributed by atoms with Crippen molar-refractivity contribution in [2.24, 2.45) is 23.1 Å². The summed E-state index contributed by atoms with van der Waals surface area (Å²) in [5, 5.41) is 25.5. The molecule has 0 rings (SSSR count). The summed E-state index contributed by atoms with van der Waals surface area (Å²) in [5.74, 6) is -4.79. The van der Waals surface area contributed by atoms with Gasteiger partial charge >= 0.3 is 5.97 Å². The van der Waals surface area contributed by atoms with Crippen molar-refractivity contribution < 1.29 is 34.2 Å². The van der Waals surface area contributed by atoms with Gasteiger partial charge in [-0.2, -0.15) is 0 Å². The first-order chi connectivity index (χ1) is 14.9. The maximum Gasteiger partial charge on any atom is 0.326 e. The predicted molar refractivity (Wildman–Crippen MR) is 115 cm³/mol. The molecule has 13 nitrogen and oxygen atoms in total. The van der Waals surface area contributed by atoms with E-state index in [1.165, 1.54) is 0 Å². The van der Waals surface area contributed by atoms with Crippen molar-refractivity contribution in [2.75, 3.05) is 13.2 Å². The Morgan fingerprint density at radius 3 is 1.88 bits per heavy atom. The van der Waals surface area contributed by atoms with Gasteiger partial charge < -0.3 is 43.4 Å². The Morgan fingerprint density at radius 2 is 1.41 bits per heavy atom. The number of carboxylic acids is 1. The van der Waals surface area contributed by atoms with Gasteiger partial charge in [-0.1, -0.05) is 20.3 Å². The first kappa shape index (κ1) is 29.2. The summed E-state index contributed by atoms with van der Waals surface area (Å²) in [7, 11) is 0. The van der Waals surface area contributed by atoms with Gasteiger partial charge in [0.2, 0.25) is 23.6 Å². The van der Waals surface area contributed by atoms with Crippen LogP contribution in [0.5, 0.6) is 0 Å². The molecule has 4 atom stereocenters. The topological polar surface area (TPSA) is 240 Å². The van der Waals surface area contributed by atoms with Gasteiger partial charge in [-0.25, -0.2) is 4.79 Å². The number of aliphatic hydroxyl groups is 1. The smallest absolute Gasteiger partial charge is 0.326 e. The highest BCUT2D eigenvalue weighted by Crippen LogP contribution is 2.06. The van der Waals surface area contributed by atoms with Gasteiger partial charge in [0.05, 0.1) is 19.1 Å². The van der Waals surface area contributed by atoms with E-state index >= 15 is 0 Å². The molecule has 184 valence electrons. The molecule has 0 aliphatic heterocycles. The number of hydrogen-bond donors (Lipinski definition) is 8. The molecule has 4 unspecified atom stereocenters. The van der Waals surface area contributed by atoms with Crippen molar-refractivity contribution in [3.05, 3.63) is 0 Å². The molecule has 0 aromatic carbocycles. The summed E-state index contributed by atoms with van der Waals surface area (Å²) in [5.41, 5.74) is 16.3. The summed E-state index contributed by atoms with van der Waals surface area (Å²) >= 11 is 0. The molecule has 0 fully saturated rings. The Morgan fingerprint density at radius 1 is 0.875 bits per heavy atom. The lowest BCUT2D eigenvalue weighted by atomic mass is 10.0. The van der Waals surface area contributed by atoms with Crippen LogP contribution in [0.3, 0.4) is 0 Å². The third-order valence-electron chi connectivity index (χ3n) is 4.48. The Kier molecular flexibility index (Phi) is 13.8. The van der Waals surface area contributed by atoms with E-state index < -0.39 is 66.8 Å². The number of hydrogen-bond acceptors (Lipinski definition) is 8. The van der Waals surface area contributed by atoms with Crippen LogP contribution in [-0.2, 0) is 24.0 Å². The molecule has 0 spiro atoms. The molecular formula is C19H36N6O7. The number of carbonyl (C=O) groups excluding carboxylic acids is 4. The Hall–Kier alpha value is -2.77. The van der Waals surface area contributed by atoms with Gasteiger partial charge in [-0.05, 0) is 31.7 Å². The van der Waals surface area contributed by atoms with Crippen LogP contribution in [0.1, 0.15) is 46.0 Å². The molecular weight excluding hydrogens is 424 g/mol. The number of aliphatic carboxylic acids is 1. The first-order valence-electron chi connectivity index (χ1n) is 10.4. The number of carbonyl (C=O) groups is 5. The van der Waals surface area contributed by atoms with Gasteiger partial charge in [0.25, 0.3) is 0 Å². The van der Waals surface area contributed by atoms with E-state index in [-0.39, 0.29) is 12.3 Å². The lowest BCUT2D eigenvalue weighted by Gasteiger charge is -2.24. The molecule has 0 saturated heterocycles. The minimum Gasteiger partial charge on any atom is -0.480 e. The molecule has 0 aliphatic carbocycles. The van der Waals surface area contributed by atoms with Crippen molar-refractivity contribution in [2.45, 2.75) is 70.1 Å². The largest absolute Gasteiger partial charge is 0.480 e. The number of unbranched alkanes of at least 4 members (excludes halogenated alkanes) is 1. The summed E-state index contributed by atoms with van der Waals surface area (Å²) in [6.45, 7) is 3.13. The van der Waals surface area contributed by atoms with Gasteiger partial charge in [0.15, 0.2) is 0 Å². The highest BCUT2D eigenvalue weighted by atomic mass is 16.4. The SMILES string of the molecule is CC(C)CC(NC(=O)C(CO)NC(=O)C(CC(N)=O)NC(=O)C(N)CCCCN)C(=O)O. The first-order valence-corrected chi connectivity index (χ1v) is 10.4. The number of carboxylic acid groups (broad SMARTS) is 1. The van der Waals surface area contributed by atoms with E-state index in [9.17, 15) is 34.2 Å². The Labute approximate surface area is 186 Å². The van der Waals surface area contributed by atoms with Crippen LogP contribution < -0.4 is 33.2 Å². The standard InChI is InChI=1S/C19H36N6O7/c1-10(2)7-13(19(31)32)24-18(30)14(9-26)25-17(29)12(8-15(22)27)23-16(28)11(21)5-3-4-6-20/h10-14,26H,3-9,20-21H2,1-2H3,(H2,22,27)(H,23,28)(H,24,30)(H,25,29)(H,31,32). The lowest BCUT2D eigenvalue weighted by molar-refractivity contribution is -0.143. The second-order valence-electron chi connectivity index (χ2n) is 7.90. The normalized spacial score (nSPS) is 14.7. The fourth-order valence-corrected chi connectivity index (χ4v) is 2.76. The van der Waals surface area contributed by atoms with Crippen molar-refractivity contribution in [3.8, 4) is 0 Å². The zero-order valence-electron chi connectivity index (χ0n) is 18.5. The zero-order chi connectivity index (χ0) is 24.8. The number of rotatable bonds is 16. The summed E-state index contributed by atoms with van der Waals surface area (Å²) in [4.78, 5) is 59.9. The van der Waals surface area contributed by atoms with Crippen LogP contribution in [0, 0.1) is 5.92 Å². The van der Waals surface area contributed by atoms with Crippen LogP contribution in [0.15, 0.2) is 0 Å². The van der Waals surface area contributed by atoms with E-state index in [4.69, 9.17) is 17.2 Å². The molecule has 0 saturated carbocycles. The van der Waals surface area contributed by atoms with Crippen molar-refractivity contribution in [3.63, 3.8) is 0 Å². The average Bonchev–Trinajstić information content (AvgIpc) is 2.69. The highest BCUT2D eigenvalue weighted by Gasteiger charge is 2.31. The molecule has 0 aromatic rings. The monoisotopic (exact) mass is 460 g/mol. The fraction of sp³-hybridized carbons (Fsp3) is 0.737. The molecule has 11 N–H and O–H groups in total. The van der Waals surface area contributed by atoms with E-state index in [0.29, 0.717) is 25.8 Å². The van der Waals surface area contributed by atoms with E-state index in [0.717, 1.165) is 0 Å². The van der Waals surface area contributed by atoms with Crippen LogP contribution >= 0.6 is 0 Å². The average molecular weight is 461 g/mol. The number of nitrogens with two attached hydrogens (primary N) is 3.